The maximum absolute atomic E-state index is 6.05. The Morgan fingerprint density at radius 1 is 1.13 bits per heavy atom. The Bertz CT molecular complexity index is 523. The van der Waals surface area contributed by atoms with Crippen LogP contribution >= 0.6 is 0 Å². The van der Waals surface area contributed by atoms with Crippen LogP contribution in [0.25, 0.3) is 6.08 Å². The van der Waals surface area contributed by atoms with Gasteiger partial charge in [0.05, 0.1) is 6.61 Å². The van der Waals surface area contributed by atoms with E-state index >= 15 is 0 Å². The van der Waals surface area contributed by atoms with E-state index in [9.17, 15) is 0 Å². The Hall–Kier alpha value is -1.52. The molecule has 126 valence electrons. The molecule has 0 saturated carbocycles. The van der Waals surface area contributed by atoms with Gasteiger partial charge in [-0.15, -0.1) is 0 Å². The quantitative estimate of drug-likeness (QED) is 0.800. The van der Waals surface area contributed by atoms with Crippen molar-refractivity contribution >= 4 is 6.08 Å². The summed E-state index contributed by atoms with van der Waals surface area (Å²) in [7, 11) is 0. The SMILES string of the molecule is CCC(OCC=Cc1ccc2c(c1)OCCO2)N1CCCCC1. The van der Waals surface area contributed by atoms with E-state index in [1.54, 1.807) is 0 Å². The molecule has 3 rings (SSSR count). The van der Waals surface area contributed by atoms with Gasteiger partial charge < -0.3 is 14.2 Å². The fourth-order valence-corrected chi connectivity index (χ4v) is 3.20. The maximum Gasteiger partial charge on any atom is 0.161 e. The van der Waals surface area contributed by atoms with E-state index in [0.29, 0.717) is 19.8 Å². The molecule has 1 fully saturated rings. The van der Waals surface area contributed by atoms with Gasteiger partial charge in [-0.1, -0.05) is 31.6 Å². The van der Waals surface area contributed by atoms with Crippen LogP contribution in [0.1, 0.15) is 38.2 Å². The van der Waals surface area contributed by atoms with Crippen molar-refractivity contribution in [2.45, 2.75) is 38.8 Å². The second kappa shape index (κ2) is 8.37. The molecule has 1 aromatic rings. The molecular weight excluding hydrogens is 290 g/mol. The van der Waals surface area contributed by atoms with Crippen LogP contribution in [0, 0.1) is 0 Å². The molecule has 4 heteroatoms. The van der Waals surface area contributed by atoms with Crippen molar-refractivity contribution in [2.75, 3.05) is 32.9 Å². The van der Waals surface area contributed by atoms with Crippen molar-refractivity contribution in [1.82, 2.24) is 4.90 Å². The van der Waals surface area contributed by atoms with E-state index in [0.717, 1.165) is 23.5 Å². The minimum absolute atomic E-state index is 0.250. The number of likely N-dealkylation sites (tertiary alicyclic amines) is 1. The summed E-state index contributed by atoms with van der Waals surface area (Å²) >= 11 is 0. The van der Waals surface area contributed by atoms with Gasteiger partial charge >= 0.3 is 0 Å². The standard InChI is InChI=1S/C19H27NO3/c1-2-19(20-10-4-3-5-11-20)23-12-6-7-16-8-9-17-18(15-16)22-14-13-21-17/h6-9,15,19H,2-5,10-14H2,1H3. The lowest BCUT2D eigenvalue weighted by Crippen LogP contribution is -2.40. The zero-order valence-electron chi connectivity index (χ0n) is 14.0. The van der Waals surface area contributed by atoms with Crippen LogP contribution in [0.4, 0.5) is 0 Å². The molecule has 1 aromatic carbocycles. The first kappa shape index (κ1) is 16.3. The summed E-state index contributed by atoms with van der Waals surface area (Å²) in [5, 5.41) is 0. The van der Waals surface area contributed by atoms with E-state index in [1.165, 1.54) is 32.4 Å². The van der Waals surface area contributed by atoms with Gasteiger partial charge in [-0.3, -0.25) is 4.90 Å². The molecule has 0 amide bonds. The number of fused-ring (bicyclic) bond motifs is 1. The summed E-state index contributed by atoms with van der Waals surface area (Å²) in [6.45, 7) is 6.43. The molecule has 1 atom stereocenters. The first-order chi connectivity index (χ1) is 11.4. The summed E-state index contributed by atoms with van der Waals surface area (Å²) in [4.78, 5) is 2.47. The van der Waals surface area contributed by atoms with Crippen molar-refractivity contribution in [3.8, 4) is 11.5 Å². The normalized spacial score (nSPS) is 19.9. The van der Waals surface area contributed by atoms with Gasteiger partial charge in [0.1, 0.15) is 19.4 Å². The molecule has 0 radical (unpaired) electrons. The molecule has 2 heterocycles. The highest BCUT2D eigenvalue weighted by atomic mass is 16.6. The molecule has 1 unspecified atom stereocenters. The lowest BCUT2D eigenvalue weighted by Gasteiger charge is -2.33. The summed E-state index contributed by atoms with van der Waals surface area (Å²) in [6, 6.07) is 6.04. The summed E-state index contributed by atoms with van der Waals surface area (Å²) in [5.74, 6) is 1.67. The lowest BCUT2D eigenvalue weighted by atomic mass is 10.1. The predicted octanol–water partition coefficient (Wildman–Crippen LogP) is 3.71. The number of benzene rings is 1. The molecule has 0 aromatic heterocycles. The average Bonchev–Trinajstić information content (AvgIpc) is 2.62. The van der Waals surface area contributed by atoms with Gasteiger partial charge in [-0.2, -0.15) is 0 Å². The highest BCUT2D eigenvalue weighted by Crippen LogP contribution is 2.31. The van der Waals surface area contributed by atoms with Crippen LogP contribution in [0.2, 0.25) is 0 Å². The third-order valence-electron chi connectivity index (χ3n) is 4.41. The topological polar surface area (TPSA) is 30.9 Å². The minimum Gasteiger partial charge on any atom is -0.486 e. The highest BCUT2D eigenvalue weighted by molar-refractivity contribution is 5.56. The van der Waals surface area contributed by atoms with Crippen LogP contribution in [0.5, 0.6) is 11.5 Å². The third kappa shape index (κ3) is 4.49. The van der Waals surface area contributed by atoms with Crippen LogP contribution in [-0.2, 0) is 4.74 Å². The molecule has 1 saturated heterocycles. The Balaban J connectivity index is 1.50. The summed E-state index contributed by atoms with van der Waals surface area (Å²) in [6.07, 6.45) is 9.41. The van der Waals surface area contributed by atoms with Crippen LogP contribution < -0.4 is 9.47 Å². The summed E-state index contributed by atoms with van der Waals surface area (Å²) in [5.41, 5.74) is 1.11. The first-order valence-electron chi connectivity index (χ1n) is 8.78. The Labute approximate surface area is 139 Å². The maximum atomic E-state index is 6.05. The molecule has 0 bridgehead atoms. The second-order valence-corrected chi connectivity index (χ2v) is 6.10. The minimum atomic E-state index is 0.250. The van der Waals surface area contributed by atoms with Crippen molar-refractivity contribution in [2.24, 2.45) is 0 Å². The predicted molar refractivity (Wildman–Crippen MR) is 91.9 cm³/mol. The van der Waals surface area contributed by atoms with E-state index in [1.807, 2.05) is 18.2 Å². The highest BCUT2D eigenvalue weighted by Gasteiger charge is 2.18. The summed E-state index contributed by atoms with van der Waals surface area (Å²) < 4.78 is 17.2. The van der Waals surface area contributed by atoms with Crippen LogP contribution in [-0.4, -0.2) is 44.0 Å². The smallest absolute Gasteiger partial charge is 0.161 e. The van der Waals surface area contributed by atoms with Gasteiger partial charge in [0, 0.05) is 13.1 Å². The number of piperidine rings is 1. The van der Waals surface area contributed by atoms with E-state index in [4.69, 9.17) is 14.2 Å². The van der Waals surface area contributed by atoms with E-state index in [2.05, 4.69) is 24.0 Å². The molecular formula is C19H27NO3. The fraction of sp³-hybridized carbons (Fsp3) is 0.579. The zero-order valence-corrected chi connectivity index (χ0v) is 14.0. The van der Waals surface area contributed by atoms with Crippen LogP contribution in [0.3, 0.4) is 0 Å². The molecule has 0 aliphatic carbocycles. The second-order valence-electron chi connectivity index (χ2n) is 6.10. The van der Waals surface area contributed by atoms with Gasteiger partial charge in [0.15, 0.2) is 11.5 Å². The first-order valence-corrected chi connectivity index (χ1v) is 8.78. The number of rotatable bonds is 6. The van der Waals surface area contributed by atoms with E-state index < -0.39 is 0 Å². The fourth-order valence-electron chi connectivity index (χ4n) is 3.20. The van der Waals surface area contributed by atoms with Gasteiger partial charge in [-0.25, -0.2) is 0 Å². The zero-order chi connectivity index (χ0) is 15.9. The van der Waals surface area contributed by atoms with Gasteiger partial charge in [0.25, 0.3) is 0 Å². The Morgan fingerprint density at radius 3 is 2.70 bits per heavy atom. The number of hydrogen-bond acceptors (Lipinski definition) is 4. The van der Waals surface area contributed by atoms with Crippen molar-refractivity contribution < 1.29 is 14.2 Å². The lowest BCUT2D eigenvalue weighted by molar-refractivity contribution is -0.0577. The van der Waals surface area contributed by atoms with Crippen molar-refractivity contribution in [3.63, 3.8) is 0 Å². The van der Waals surface area contributed by atoms with Gasteiger partial charge in [0.2, 0.25) is 0 Å². The molecule has 2 aliphatic heterocycles. The van der Waals surface area contributed by atoms with Crippen molar-refractivity contribution in [3.05, 3.63) is 29.8 Å². The number of ether oxygens (including phenoxy) is 3. The monoisotopic (exact) mass is 317 g/mol. The molecule has 0 N–H and O–H groups in total. The molecule has 2 aliphatic rings. The average molecular weight is 317 g/mol. The Kier molecular flexibility index (Phi) is 5.94. The van der Waals surface area contributed by atoms with Crippen molar-refractivity contribution in [1.29, 1.82) is 0 Å². The van der Waals surface area contributed by atoms with Crippen LogP contribution in [0.15, 0.2) is 24.3 Å². The molecule has 4 nitrogen and oxygen atoms in total. The third-order valence-corrected chi connectivity index (χ3v) is 4.41. The number of hydrogen-bond donors (Lipinski definition) is 0. The van der Waals surface area contributed by atoms with Gasteiger partial charge in [-0.05, 0) is 37.0 Å². The number of nitrogens with zero attached hydrogens (tertiary/aromatic N) is 1. The largest absolute Gasteiger partial charge is 0.486 e. The molecule has 23 heavy (non-hydrogen) atoms. The Morgan fingerprint density at radius 2 is 1.91 bits per heavy atom. The van der Waals surface area contributed by atoms with E-state index in [-0.39, 0.29) is 6.23 Å². The molecule has 0 spiro atoms.